The van der Waals surface area contributed by atoms with Crippen LogP contribution in [0.2, 0.25) is 0 Å². The van der Waals surface area contributed by atoms with Crippen LogP contribution in [0.25, 0.3) is 0 Å². The smallest absolute Gasteiger partial charge is 0.403 e. The predicted molar refractivity (Wildman–Crippen MR) is 71.1 cm³/mol. The molecule has 2 radical (unpaired) electrons. The number of alkyl halides is 3. The van der Waals surface area contributed by atoms with Gasteiger partial charge in [-0.05, 0) is 39.8 Å². The minimum absolute atomic E-state index is 0.000602. The fourth-order valence-electron chi connectivity index (χ4n) is 0.723. The van der Waals surface area contributed by atoms with E-state index < -0.39 is 29.1 Å². The van der Waals surface area contributed by atoms with Crippen LogP contribution >= 0.6 is 0 Å². The van der Waals surface area contributed by atoms with E-state index in [1.165, 1.54) is 0 Å². The van der Waals surface area contributed by atoms with E-state index in [2.05, 4.69) is 4.74 Å². The first-order chi connectivity index (χ1) is 9.13. The highest BCUT2D eigenvalue weighted by Crippen LogP contribution is 2.24. The maximum atomic E-state index is 12.6. The van der Waals surface area contributed by atoms with Gasteiger partial charge in [0.15, 0.2) is 11.6 Å². The SMILES string of the molecule is CC(C)(O)C(C)(C)O.[B]c1ccc(F)c(OC(F)(F)F)c1. The molecule has 1 aromatic carbocycles. The van der Waals surface area contributed by atoms with Gasteiger partial charge in [0.05, 0.1) is 11.2 Å². The molecule has 0 saturated heterocycles. The molecular formula is C13H17BF4O3. The number of ether oxygens (including phenoxy) is 1. The number of hydrogen-bond donors (Lipinski definition) is 2. The van der Waals surface area contributed by atoms with E-state index in [9.17, 15) is 17.6 Å². The molecule has 0 saturated carbocycles. The van der Waals surface area contributed by atoms with E-state index in [1.807, 2.05) is 0 Å². The molecule has 0 aliphatic rings. The second-order valence-corrected chi connectivity index (χ2v) is 5.36. The van der Waals surface area contributed by atoms with Crippen molar-refractivity contribution in [3.05, 3.63) is 24.0 Å². The molecule has 0 bridgehead atoms. The maximum absolute atomic E-state index is 12.6. The van der Waals surface area contributed by atoms with Gasteiger partial charge in [0.1, 0.15) is 7.85 Å². The lowest BCUT2D eigenvalue weighted by Gasteiger charge is -2.31. The third-order valence-corrected chi connectivity index (χ3v) is 2.68. The average molecular weight is 308 g/mol. The van der Waals surface area contributed by atoms with Crippen LogP contribution in [0, 0.1) is 5.82 Å². The number of rotatable bonds is 2. The van der Waals surface area contributed by atoms with Gasteiger partial charge in [0.25, 0.3) is 0 Å². The molecule has 0 amide bonds. The lowest BCUT2D eigenvalue weighted by Crippen LogP contribution is -2.44. The van der Waals surface area contributed by atoms with Crippen molar-refractivity contribution in [2.45, 2.75) is 45.3 Å². The van der Waals surface area contributed by atoms with Gasteiger partial charge in [0, 0.05) is 0 Å². The highest BCUT2D eigenvalue weighted by molar-refractivity contribution is 6.32. The average Bonchev–Trinajstić information content (AvgIpc) is 2.19. The summed E-state index contributed by atoms with van der Waals surface area (Å²) >= 11 is 0. The molecule has 118 valence electrons. The first-order valence-electron chi connectivity index (χ1n) is 5.89. The fourth-order valence-corrected chi connectivity index (χ4v) is 0.723. The zero-order valence-corrected chi connectivity index (χ0v) is 12.1. The second kappa shape index (κ2) is 6.66. The monoisotopic (exact) mass is 308 g/mol. The molecular weight excluding hydrogens is 291 g/mol. The standard InChI is InChI=1S/C7H3BF4O.C6H14O2/c8-4-1-2-5(9)6(3-4)13-7(10,11)12;1-5(2,7)6(3,4)8/h1-3H;7-8H,1-4H3. The van der Waals surface area contributed by atoms with Crippen LogP contribution in [-0.2, 0) is 0 Å². The molecule has 1 rings (SSSR count). The molecule has 21 heavy (non-hydrogen) atoms. The summed E-state index contributed by atoms with van der Waals surface area (Å²) in [6, 6.07) is 2.71. The van der Waals surface area contributed by atoms with Gasteiger partial charge in [-0.15, -0.1) is 13.2 Å². The van der Waals surface area contributed by atoms with Gasteiger partial charge in [-0.1, -0.05) is 11.5 Å². The molecule has 0 atom stereocenters. The Balaban J connectivity index is 0.000000433. The third-order valence-electron chi connectivity index (χ3n) is 2.68. The lowest BCUT2D eigenvalue weighted by atomic mass is 9.90. The maximum Gasteiger partial charge on any atom is 0.573 e. The first-order valence-corrected chi connectivity index (χ1v) is 5.89. The van der Waals surface area contributed by atoms with E-state index in [0.717, 1.165) is 18.2 Å². The Labute approximate surface area is 122 Å². The summed E-state index contributed by atoms with van der Waals surface area (Å²) in [6.07, 6.45) is -4.91. The van der Waals surface area contributed by atoms with Crippen molar-refractivity contribution >= 4 is 13.3 Å². The largest absolute Gasteiger partial charge is 0.573 e. The van der Waals surface area contributed by atoms with Crippen molar-refractivity contribution < 1.29 is 32.5 Å². The minimum atomic E-state index is -4.91. The molecule has 8 heteroatoms. The van der Waals surface area contributed by atoms with E-state index in [-0.39, 0.29) is 5.46 Å². The van der Waals surface area contributed by atoms with Crippen molar-refractivity contribution in [1.82, 2.24) is 0 Å². The van der Waals surface area contributed by atoms with E-state index in [1.54, 1.807) is 27.7 Å². The molecule has 2 N–H and O–H groups in total. The molecule has 0 aliphatic heterocycles. The molecule has 3 nitrogen and oxygen atoms in total. The normalized spacial score (nSPS) is 12.5. The van der Waals surface area contributed by atoms with Crippen molar-refractivity contribution in [2.75, 3.05) is 0 Å². The number of aliphatic hydroxyl groups is 2. The molecule has 0 aromatic heterocycles. The first kappa shape index (κ1) is 19.7. The zero-order valence-electron chi connectivity index (χ0n) is 12.1. The second-order valence-electron chi connectivity index (χ2n) is 5.36. The van der Waals surface area contributed by atoms with Gasteiger partial charge in [-0.25, -0.2) is 4.39 Å². The van der Waals surface area contributed by atoms with Gasteiger partial charge in [-0.3, -0.25) is 0 Å². The Kier molecular flexibility index (Phi) is 6.25. The Morgan fingerprint density at radius 2 is 1.43 bits per heavy atom. The highest BCUT2D eigenvalue weighted by atomic mass is 19.4. The topological polar surface area (TPSA) is 49.7 Å². The Morgan fingerprint density at radius 3 is 1.76 bits per heavy atom. The van der Waals surface area contributed by atoms with Gasteiger partial charge < -0.3 is 14.9 Å². The third kappa shape index (κ3) is 7.91. The molecule has 1 aromatic rings. The lowest BCUT2D eigenvalue weighted by molar-refractivity contribution is -0.275. The van der Waals surface area contributed by atoms with Crippen LogP contribution in [-0.4, -0.2) is 35.6 Å². The van der Waals surface area contributed by atoms with Gasteiger partial charge >= 0.3 is 6.36 Å². The van der Waals surface area contributed by atoms with Crippen molar-refractivity contribution in [2.24, 2.45) is 0 Å². The van der Waals surface area contributed by atoms with Crippen molar-refractivity contribution in [3.8, 4) is 5.75 Å². The Bertz CT molecular complexity index is 450. The van der Waals surface area contributed by atoms with Crippen LogP contribution in [0.5, 0.6) is 5.75 Å². The van der Waals surface area contributed by atoms with Gasteiger partial charge in [0.2, 0.25) is 0 Å². The van der Waals surface area contributed by atoms with Crippen LogP contribution in [0.1, 0.15) is 27.7 Å². The molecule has 0 heterocycles. The molecule has 0 spiro atoms. The summed E-state index contributed by atoms with van der Waals surface area (Å²) in [6.45, 7) is 6.31. The highest BCUT2D eigenvalue weighted by Gasteiger charge is 2.32. The quantitative estimate of drug-likeness (QED) is 0.649. The van der Waals surface area contributed by atoms with Crippen LogP contribution in [0.4, 0.5) is 17.6 Å². The Hall–Kier alpha value is -1.28. The summed E-state index contributed by atoms with van der Waals surface area (Å²) in [7, 11) is 5.13. The van der Waals surface area contributed by atoms with E-state index in [0.29, 0.717) is 0 Å². The van der Waals surface area contributed by atoms with Crippen LogP contribution in [0.3, 0.4) is 0 Å². The van der Waals surface area contributed by atoms with Crippen LogP contribution < -0.4 is 10.2 Å². The number of benzene rings is 1. The number of hydrogen-bond acceptors (Lipinski definition) is 3. The summed E-state index contributed by atoms with van der Waals surface area (Å²) in [5.74, 6) is -2.03. The summed E-state index contributed by atoms with van der Waals surface area (Å²) < 4.78 is 50.8. The van der Waals surface area contributed by atoms with E-state index >= 15 is 0 Å². The summed E-state index contributed by atoms with van der Waals surface area (Å²) in [5.41, 5.74) is -2.01. The zero-order chi connectivity index (χ0) is 17.1. The van der Waals surface area contributed by atoms with Crippen LogP contribution in [0.15, 0.2) is 18.2 Å². The predicted octanol–water partition coefficient (Wildman–Crippen LogP) is 2.05. The Morgan fingerprint density at radius 1 is 1.00 bits per heavy atom. The molecule has 0 unspecified atom stereocenters. The number of halogens is 4. The minimum Gasteiger partial charge on any atom is -0.403 e. The van der Waals surface area contributed by atoms with Crippen molar-refractivity contribution in [3.63, 3.8) is 0 Å². The molecule has 0 aliphatic carbocycles. The fraction of sp³-hybridized carbons (Fsp3) is 0.538. The summed E-state index contributed by atoms with van der Waals surface area (Å²) in [4.78, 5) is 0. The van der Waals surface area contributed by atoms with Gasteiger partial charge in [-0.2, -0.15) is 0 Å². The summed E-state index contributed by atoms with van der Waals surface area (Å²) in [5, 5.41) is 18.2. The molecule has 0 fully saturated rings. The van der Waals surface area contributed by atoms with E-state index in [4.69, 9.17) is 18.1 Å². The van der Waals surface area contributed by atoms with Crippen molar-refractivity contribution in [1.29, 1.82) is 0 Å².